The zero-order chi connectivity index (χ0) is 9.97. The van der Waals surface area contributed by atoms with Gasteiger partial charge in [0.2, 0.25) is 5.91 Å². The molecule has 0 heterocycles. The lowest BCUT2D eigenvalue weighted by Gasteiger charge is -2.30. The van der Waals surface area contributed by atoms with Crippen LogP contribution in [0.25, 0.3) is 0 Å². The second-order valence-corrected chi connectivity index (χ2v) is 4.55. The van der Waals surface area contributed by atoms with Crippen molar-refractivity contribution in [3.05, 3.63) is 11.1 Å². The first-order valence-corrected chi connectivity index (χ1v) is 5.72. The fourth-order valence-electron chi connectivity index (χ4n) is 2.74. The van der Waals surface area contributed by atoms with Gasteiger partial charge >= 0.3 is 0 Å². The Kier molecular flexibility index (Phi) is 2.90. The van der Waals surface area contributed by atoms with E-state index in [2.05, 4.69) is 5.32 Å². The van der Waals surface area contributed by atoms with Crippen molar-refractivity contribution in [3.8, 4) is 0 Å². The van der Waals surface area contributed by atoms with Gasteiger partial charge in [-0.25, -0.2) is 0 Å². The second-order valence-electron chi connectivity index (χ2n) is 4.55. The second kappa shape index (κ2) is 4.16. The Hall–Kier alpha value is -0.790. The van der Waals surface area contributed by atoms with E-state index in [1.165, 1.54) is 32.1 Å². The highest BCUT2D eigenvalue weighted by Gasteiger charge is 2.22. The Bertz CT molecular complexity index is 267. The zero-order valence-corrected chi connectivity index (χ0v) is 8.94. The van der Waals surface area contributed by atoms with E-state index >= 15 is 0 Å². The van der Waals surface area contributed by atoms with Gasteiger partial charge in [0.15, 0.2) is 0 Å². The Morgan fingerprint density at radius 2 is 1.93 bits per heavy atom. The van der Waals surface area contributed by atoms with Crippen molar-refractivity contribution in [3.63, 3.8) is 0 Å². The summed E-state index contributed by atoms with van der Waals surface area (Å²) in [5, 5.41) is 3.04. The van der Waals surface area contributed by atoms with Crippen LogP contribution in [-0.2, 0) is 4.79 Å². The molecule has 2 aliphatic rings. The third-order valence-corrected chi connectivity index (χ3v) is 3.40. The Balaban J connectivity index is 1.97. The molecule has 0 radical (unpaired) electrons. The van der Waals surface area contributed by atoms with Gasteiger partial charge in [-0.15, -0.1) is 0 Å². The summed E-state index contributed by atoms with van der Waals surface area (Å²) in [7, 11) is 0. The molecule has 0 fully saturated rings. The normalized spacial score (nSPS) is 27.1. The molecule has 0 saturated heterocycles. The topological polar surface area (TPSA) is 29.1 Å². The molecule has 0 aromatic rings. The highest BCUT2D eigenvalue weighted by molar-refractivity contribution is 5.73. The number of carbonyl (C=O) groups is 1. The van der Waals surface area contributed by atoms with Crippen molar-refractivity contribution in [1.29, 1.82) is 0 Å². The monoisotopic (exact) mass is 193 g/mol. The number of carbonyl (C=O) groups excluding carboxylic acids is 1. The van der Waals surface area contributed by atoms with Crippen LogP contribution in [0.5, 0.6) is 0 Å². The van der Waals surface area contributed by atoms with Gasteiger partial charge in [0.25, 0.3) is 0 Å². The molecule has 2 aliphatic carbocycles. The molecule has 0 aromatic heterocycles. The van der Waals surface area contributed by atoms with Crippen molar-refractivity contribution in [1.82, 2.24) is 5.32 Å². The van der Waals surface area contributed by atoms with Crippen LogP contribution in [0.1, 0.15) is 51.9 Å². The number of nitrogens with one attached hydrogen (secondary N) is 1. The van der Waals surface area contributed by atoms with E-state index < -0.39 is 0 Å². The van der Waals surface area contributed by atoms with Crippen molar-refractivity contribution in [2.75, 3.05) is 0 Å². The molecule has 2 rings (SSSR count). The molecule has 78 valence electrons. The Morgan fingerprint density at radius 3 is 2.64 bits per heavy atom. The lowest BCUT2D eigenvalue weighted by atomic mass is 9.80. The summed E-state index contributed by atoms with van der Waals surface area (Å²) in [4.78, 5) is 10.9. The van der Waals surface area contributed by atoms with E-state index in [9.17, 15) is 4.79 Å². The molecule has 0 spiro atoms. The van der Waals surface area contributed by atoms with E-state index in [-0.39, 0.29) is 5.91 Å². The minimum absolute atomic E-state index is 0.120. The number of hydrogen-bond donors (Lipinski definition) is 1. The summed E-state index contributed by atoms with van der Waals surface area (Å²) in [6.07, 6.45) is 8.83. The minimum Gasteiger partial charge on any atom is -0.353 e. The van der Waals surface area contributed by atoms with Crippen LogP contribution in [0.3, 0.4) is 0 Å². The summed E-state index contributed by atoms with van der Waals surface area (Å²) < 4.78 is 0. The molecule has 0 aliphatic heterocycles. The third kappa shape index (κ3) is 2.17. The largest absolute Gasteiger partial charge is 0.353 e. The fourth-order valence-corrected chi connectivity index (χ4v) is 2.74. The van der Waals surface area contributed by atoms with E-state index in [1.54, 1.807) is 18.1 Å². The standard InChI is InChI=1S/C12H19NO/c1-9(14)13-12-7-6-10-4-2-3-5-11(10)8-12/h12H,2-8H2,1H3,(H,13,14). The number of amides is 1. The van der Waals surface area contributed by atoms with Crippen LogP contribution < -0.4 is 5.32 Å². The van der Waals surface area contributed by atoms with Gasteiger partial charge in [-0.3, -0.25) is 4.79 Å². The smallest absolute Gasteiger partial charge is 0.217 e. The van der Waals surface area contributed by atoms with Crippen LogP contribution >= 0.6 is 0 Å². The molecular weight excluding hydrogens is 174 g/mol. The number of allylic oxidation sites excluding steroid dienone is 1. The maximum Gasteiger partial charge on any atom is 0.217 e. The fraction of sp³-hybridized carbons (Fsp3) is 0.750. The predicted octanol–water partition coefficient (Wildman–Crippen LogP) is 2.55. The summed E-state index contributed by atoms with van der Waals surface area (Å²) in [5.41, 5.74) is 3.36. The van der Waals surface area contributed by atoms with E-state index in [0.717, 1.165) is 12.8 Å². The summed E-state index contributed by atoms with van der Waals surface area (Å²) >= 11 is 0. The van der Waals surface area contributed by atoms with Gasteiger partial charge in [0.1, 0.15) is 0 Å². The van der Waals surface area contributed by atoms with Gasteiger partial charge in [-0.2, -0.15) is 0 Å². The zero-order valence-electron chi connectivity index (χ0n) is 8.94. The lowest BCUT2D eigenvalue weighted by Crippen LogP contribution is -2.35. The van der Waals surface area contributed by atoms with Gasteiger partial charge < -0.3 is 5.32 Å². The van der Waals surface area contributed by atoms with Crippen LogP contribution in [0, 0.1) is 0 Å². The maximum absolute atomic E-state index is 10.9. The molecule has 14 heavy (non-hydrogen) atoms. The Labute approximate surface area is 85.8 Å². The lowest BCUT2D eigenvalue weighted by molar-refractivity contribution is -0.119. The molecular formula is C12H19NO. The minimum atomic E-state index is 0.120. The Morgan fingerprint density at radius 1 is 1.21 bits per heavy atom. The van der Waals surface area contributed by atoms with E-state index in [0.29, 0.717) is 6.04 Å². The number of hydrogen-bond acceptors (Lipinski definition) is 1. The van der Waals surface area contributed by atoms with Gasteiger partial charge in [0.05, 0.1) is 0 Å². The molecule has 1 atom stereocenters. The molecule has 0 aromatic carbocycles. The molecule has 2 nitrogen and oxygen atoms in total. The summed E-state index contributed by atoms with van der Waals surface area (Å²) in [6.45, 7) is 1.62. The summed E-state index contributed by atoms with van der Waals surface area (Å²) in [5.74, 6) is 0.120. The van der Waals surface area contributed by atoms with Crippen LogP contribution in [-0.4, -0.2) is 11.9 Å². The van der Waals surface area contributed by atoms with Gasteiger partial charge in [-0.05, 0) is 44.9 Å². The molecule has 1 N–H and O–H groups in total. The van der Waals surface area contributed by atoms with Crippen molar-refractivity contribution < 1.29 is 4.79 Å². The molecule has 0 bridgehead atoms. The maximum atomic E-state index is 10.9. The van der Waals surface area contributed by atoms with E-state index in [4.69, 9.17) is 0 Å². The molecule has 2 heteroatoms. The number of rotatable bonds is 1. The molecule has 0 saturated carbocycles. The van der Waals surface area contributed by atoms with Crippen molar-refractivity contribution in [2.24, 2.45) is 0 Å². The third-order valence-electron chi connectivity index (χ3n) is 3.40. The highest BCUT2D eigenvalue weighted by Crippen LogP contribution is 2.35. The van der Waals surface area contributed by atoms with Gasteiger partial charge in [-0.1, -0.05) is 11.1 Å². The van der Waals surface area contributed by atoms with Crippen LogP contribution in [0.4, 0.5) is 0 Å². The van der Waals surface area contributed by atoms with Crippen molar-refractivity contribution in [2.45, 2.75) is 57.9 Å². The van der Waals surface area contributed by atoms with Crippen molar-refractivity contribution >= 4 is 5.91 Å². The van der Waals surface area contributed by atoms with E-state index in [1.807, 2.05) is 0 Å². The SMILES string of the molecule is CC(=O)NC1CCC2=C(CCCC2)C1. The average molecular weight is 193 g/mol. The first-order valence-electron chi connectivity index (χ1n) is 5.72. The van der Waals surface area contributed by atoms with Crippen LogP contribution in [0.2, 0.25) is 0 Å². The quantitative estimate of drug-likeness (QED) is 0.637. The first-order chi connectivity index (χ1) is 6.75. The average Bonchev–Trinajstić information content (AvgIpc) is 2.17. The molecule has 1 amide bonds. The summed E-state index contributed by atoms with van der Waals surface area (Å²) in [6, 6.07) is 0.421. The highest BCUT2D eigenvalue weighted by atomic mass is 16.1. The van der Waals surface area contributed by atoms with Gasteiger partial charge in [0, 0.05) is 13.0 Å². The molecule has 1 unspecified atom stereocenters. The van der Waals surface area contributed by atoms with Crippen LogP contribution in [0.15, 0.2) is 11.1 Å². The predicted molar refractivity (Wildman–Crippen MR) is 56.9 cm³/mol. The first kappa shape index (κ1) is 9.75.